The standard InChI is InChI=1S/C30H43ClN2O6.C2H6/c1-21(14-16-24-18-19-25(38-7)29(36)39-24)11-8-9-13-26(34)33-27(30(3,4)5)28(35)32-20-10-12-23(37-6)17-15-22(2)31;1-2/h8-11,13-15,19-20,23-24,27H,12,16-18H2,1-7H3,(H,32,35)(H,33,34);1-2H3/b11-8+,13-9+,20-10-,21-14+,22-15+;. The maximum Gasteiger partial charge on any atom is 0.373 e. The molecular formula is C32H49ClN2O6. The quantitative estimate of drug-likeness (QED) is 0.137. The molecule has 0 bridgehead atoms. The molecule has 0 aromatic carbocycles. The largest absolute Gasteiger partial charge is 0.490 e. The fourth-order valence-corrected chi connectivity index (χ4v) is 3.61. The number of halogens is 1. The number of esters is 1. The molecule has 41 heavy (non-hydrogen) atoms. The van der Waals surface area contributed by atoms with E-state index in [1.54, 1.807) is 31.5 Å². The molecule has 0 radical (unpaired) electrons. The first-order valence-corrected chi connectivity index (χ1v) is 14.3. The second-order valence-corrected chi connectivity index (χ2v) is 10.9. The van der Waals surface area contributed by atoms with E-state index in [-0.39, 0.29) is 29.8 Å². The Bertz CT molecular complexity index is 1010. The van der Waals surface area contributed by atoms with Crippen molar-refractivity contribution in [2.24, 2.45) is 5.41 Å². The maximum atomic E-state index is 12.8. The number of allylic oxidation sites excluding steroid dienone is 5. The van der Waals surface area contributed by atoms with Gasteiger partial charge in [-0.2, -0.15) is 0 Å². The van der Waals surface area contributed by atoms with Crippen LogP contribution in [0.15, 0.2) is 71.2 Å². The van der Waals surface area contributed by atoms with Crippen LogP contribution in [0.1, 0.15) is 74.1 Å². The second-order valence-electron chi connectivity index (χ2n) is 10.3. The highest BCUT2D eigenvalue weighted by atomic mass is 35.5. The Kier molecular flexibility index (Phi) is 19.2. The van der Waals surface area contributed by atoms with Gasteiger partial charge in [-0.25, -0.2) is 4.79 Å². The van der Waals surface area contributed by atoms with E-state index in [0.29, 0.717) is 30.7 Å². The van der Waals surface area contributed by atoms with Crippen LogP contribution in [-0.2, 0) is 28.6 Å². The SMILES string of the molecule is CC.COC1=CCC(C/C=C(C)/C=C/C=C/C(=O)NC(C(=O)N/C=C\CC(C/C=C(\C)Cl)OC)C(C)(C)C)OC1=O. The number of rotatable bonds is 14. The lowest BCUT2D eigenvalue weighted by atomic mass is 9.86. The van der Waals surface area contributed by atoms with Crippen molar-refractivity contribution in [2.75, 3.05) is 14.2 Å². The Morgan fingerprint density at radius 1 is 1.12 bits per heavy atom. The van der Waals surface area contributed by atoms with Crippen LogP contribution in [-0.4, -0.2) is 50.3 Å². The predicted octanol–water partition coefficient (Wildman–Crippen LogP) is 6.41. The summed E-state index contributed by atoms with van der Waals surface area (Å²) in [6.45, 7) is 13.4. The first-order chi connectivity index (χ1) is 19.4. The molecule has 2 N–H and O–H groups in total. The van der Waals surface area contributed by atoms with Crippen molar-refractivity contribution in [3.05, 3.63) is 71.2 Å². The summed E-state index contributed by atoms with van der Waals surface area (Å²) >= 11 is 5.87. The molecule has 9 heteroatoms. The molecule has 0 aromatic heterocycles. The summed E-state index contributed by atoms with van der Waals surface area (Å²) in [4.78, 5) is 37.1. The molecule has 2 amide bonds. The van der Waals surface area contributed by atoms with Gasteiger partial charge in [0.05, 0.1) is 13.2 Å². The highest BCUT2D eigenvalue weighted by Gasteiger charge is 2.31. The molecule has 1 aliphatic rings. The van der Waals surface area contributed by atoms with Crippen LogP contribution in [0.5, 0.6) is 0 Å². The Labute approximate surface area is 251 Å². The molecule has 1 aliphatic heterocycles. The average Bonchev–Trinajstić information content (AvgIpc) is 2.92. The van der Waals surface area contributed by atoms with Crippen LogP contribution in [0.3, 0.4) is 0 Å². The van der Waals surface area contributed by atoms with Gasteiger partial charge in [-0.3, -0.25) is 9.59 Å². The van der Waals surface area contributed by atoms with Crippen molar-refractivity contribution in [1.29, 1.82) is 0 Å². The number of hydrogen-bond donors (Lipinski definition) is 2. The minimum absolute atomic E-state index is 0.0484. The summed E-state index contributed by atoms with van der Waals surface area (Å²) in [6, 6.07) is -0.740. The molecular weight excluding hydrogens is 544 g/mol. The molecule has 230 valence electrons. The van der Waals surface area contributed by atoms with Gasteiger partial charge in [-0.05, 0) is 44.4 Å². The fourth-order valence-electron chi connectivity index (χ4n) is 3.52. The molecule has 0 spiro atoms. The van der Waals surface area contributed by atoms with Crippen LogP contribution in [0.4, 0.5) is 0 Å². The summed E-state index contributed by atoms with van der Waals surface area (Å²) in [5.74, 6) is -0.901. The average molecular weight is 593 g/mol. The summed E-state index contributed by atoms with van der Waals surface area (Å²) in [5.41, 5.74) is 0.455. The predicted molar refractivity (Wildman–Crippen MR) is 166 cm³/mol. The van der Waals surface area contributed by atoms with Crippen LogP contribution in [0.25, 0.3) is 0 Å². The van der Waals surface area contributed by atoms with Crippen LogP contribution in [0.2, 0.25) is 0 Å². The van der Waals surface area contributed by atoms with E-state index in [1.807, 2.05) is 72.8 Å². The van der Waals surface area contributed by atoms with Crippen LogP contribution < -0.4 is 10.6 Å². The third-order valence-electron chi connectivity index (χ3n) is 5.83. The Hall–Kier alpha value is -3.10. The van der Waals surface area contributed by atoms with E-state index in [4.69, 9.17) is 25.8 Å². The lowest BCUT2D eigenvalue weighted by Crippen LogP contribution is -2.52. The van der Waals surface area contributed by atoms with E-state index < -0.39 is 17.4 Å². The topological polar surface area (TPSA) is 103 Å². The van der Waals surface area contributed by atoms with Gasteiger partial charge in [0, 0.05) is 31.1 Å². The van der Waals surface area contributed by atoms with Crippen molar-refractivity contribution in [3.8, 4) is 0 Å². The number of nitrogens with one attached hydrogen (secondary N) is 2. The first-order valence-electron chi connectivity index (χ1n) is 13.9. The molecule has 3 atom stereocenters. The Morgan fingerprint density at radius 2 is 1.78 bits per heavy atom. The number of methoxy groups -OCH3 is 2. The Morgan fingerprint density at radius 3 is 2.34 bits per heavy atom. The van der Waals surface area contributed by atoms with Crippen molar-refractivity contribution < 1.29 is 28.6 Å². The maximum absolute atomic E-state index is 12.8. The molecule has 0 saturated heterocycles. The molecule has 0 aromatic rings. The normalized spacial score (nSPS) is 18.0. The van der Waals surface area contributed by atoms with Crippen molar-refractivity contribution in [3.63, 3.8) is 0 Å². The number of cyclic esters (lactones) is 1. The number of amides is 2. The van der Waals surface area contributed by atoms with E-state index in [0.717, 1.165) is 5.57 Å². The minimum Gasteiger partial charge on any atom is -0.490 e. The number of ether oxygens (including phenoxy) is 3. The summed E-state index contributed by atoms with van der Waals surface area (Å²) in [6.07, 6.45) is 17.7. The zero-order valence-corrected chi connectivity index (χ0v) is 26.8. The molecule has 3 unspecified atom stereocenters. The second kappa shape index (κ2) is 20.7. The third kappa shape index (κ3) is 16.7. The van der Waals surface area contributed by atoms with E-state index in [2.05, 4.69) is 10.6 Å². The smallest absolute Gasteiger partial charge is 0.373 e. The van der Waals surface area contributed by atoms with Crippen molar-refractivity contribution >= 4 is 29.4 Å². The minimum atomic E-state index is -0.740. The highest BCUT2D eigenvalue weighted by Crippen LogP contribution is 2.20. The monoisotopic (exact) mass is 592 g/mol. The van der Waals surface area contributed by atoms with Crippen LogP contribution in [0, 0.1) is 5.41 Å². The van der Waals surface area contributed by atoms with Crippen molar-refractivity contribution in [1.82, 2.24) is 10.6 Å². The third-order valence-corrected chi connectivity index (χ3v) is 5.99. The van der Waals surface area contributed by atoms with Gasteiger partial charge < -0.3 is 24.8 Å². The van der Waals surface area contributed by atoms with E-state index in [9.17, 15) is 14.4 Å². The van der Waals surface area contributed by atoms with Gasteiger partial charge in [0.15, 0.2) is 5.76 Å². The van der Waals surface area contributed by atoms with Crippen molar-refractivity contribution in [2.45, 2.75) is 92.4 Å². The van der Waals surface area contributed by atoms with Gasteiger partial charge >= 0.3 is 5.97 Å². The zero-order valence-electron chi connectivity index (χ0n) is 26.1. The molecule has 8 nitrogen and oxygen atoms in total. The lowest BCUT2D eigenvalue weighted by molar-refractivity contribution is -0.149. The van der Waals surface area contributed by atoms with E-state index >= 15 is 0 Å². The number of carbonyl (C=O) groups excluding carboxylic acids is 3. The number of hydrogen-bond acceptors (Lipinski definition) is 6. The lowest BCUT2D eigenvalue weighted by Gasteiger charge is -2.29. The molecule has 0 aliphatic carbocycles. The fraction of sp³-hybridized carbons (Fsp3) is 0.531. The van der Waals surface area contributed by atoms with Gasteiger partial charge in [0.1, 0.15) is 12.1 Å². The summed E-state index contributed by atoms with van der Waals surface area (Å²) in [7, 11) is 3.07. The van der Waals surface area contributed by atoms with Gasteiger partial charge in [-0.15, -0.1) is 0 Å². The highest BCUT2D eigenvalue weighted by molar-refractivity contribution is 6.29. The van der Waals surface area contributed by atoms with Crippen LogP contribution >= 0.6 is 11.6 Å². The van der Waals surface area contributed by atoms with Gasteiger partial charge in [-0.1, -0.05) is 88.2 Å². The van der Waals surface area contributed by atoms with E-state index in [1.165, 1.54) is 13.2 Å². The number of carbonyl (C=O) groups is 3. The van der Waals surface area contributed by atoms with Gasteiger partial charge in [0.2, 0.25) is 11.8 Å². The molecule has 0 saturated carbocycles. The summed E-state index contributed by atoms with van der Waals surface area (Å²) < 4.78 is 15.7. The molecule has 0 fully saturated rings. The van der Waals surface area contributed by atoms with Gasteiger partial charge in [0.25, 0.3) is 0 Å². The zero-order chi connectivity index (χ0) is 31.4. The molecule has 1 rings (SSSR count). The Balaban J connectivity index is 0.00000781. The summed E-state index contributed by atoms with van der Waals surface area (Å²) in [5, 5.41) is 6.25. The first kappa shape index (κ1) is 37.9. The molecule has 1 heterocycles.